The van der Waals surface area contributed by atoms with Gasteiger partial charge >= 0.3 is 0 Å². The molecule has 0 bridgehead atoms. The van der Waals surface area contributed by atoms with Crippen molar-refractivity contribution in [2.24, 2.45) is 5.84 Å². The Bertz CT molecular complexity index is 793. The average Bonchev–Trinajstić information content (AvgIpc) is 3.14. The lowest BCUT2D eigenvalue weighted by atomic mass is 10.2. The lowest BCUT2D eigenvalue weighted by molar-refractivity contribution is 0.0953. The number of amides is 1. The standard InChI is InChI=1S/C14H14N4O2S/c1-20-12-4-2-3-11-10(12)5-6-18(11)7-9-8-21-14(16-9)13(19)17-15/h2-6,8H,7,15H2,1H3,(H,17,19). The highest BCUT2D eigenvalue weighted by molar-refractivity contribution is 7.11. The lowest BCUT2D eigenvalue weighted by Gasteiger charge is -2.05. The number of thiazole rings is 1. The maximum absolute atomic E-state index is 11.4. The number of aromatic nitrogens is 2. The second-order valence-corrected chi connectivity index (χ2v) is 5.31. The van der Waals surface area contributed by atoms with E-state index in [1.165, 1.54) is 11.3 Å². The van der Waals surface area contributed by atoms with Gasteiger partial charge in [0.05, 0.1) is 24.9 Å². The third kappa shape index (κ3) is 2.48. The molecule has 6 nitrogen and oxygen atoms in total. The minimum atomic E-state index is -0.370. The fraction of sp³-hybridized carbons (Fsp3) is 0.143. The van der Waals surface area contributed by atoms with Crippen molar-refractivity contribution in [3.8, 4) is 5.75 Å². The monoisotopic (exact) mass is 302 g/mol. The molecule has 2 aromatic heterocycles. The van der Waals surface area contributed by atoms with E-state index in [1.807, 2.05) is 35.8 Å². The van der Waals surface area contributed by atoms with E-state index in [0.29, 0.717) is 11.6 Å². The number of rotatable bonds is 4. The number of carbonyl (C=O) groups is 1. The number of nitrogens with one attached hydrogen (secondary N) is 1. The van der Waals surface area contributed by atoms with Gasteiger partial charge in [0.2, 0.25) is 0 Å². The number of ether oxygens (including phenoxy) is 1. The highest BCUT2D eigenvalue weighted by Crippen LogP contribution is 2.26. The van der Waals surface area contributed by atoms with Gasteiger partial charge in [-0.1, -0.05) is 6.07 Å². The Morgan fingerprint density at radius 3 is 3.10 bits per heavy atom. The lowest BCUT2D eigenvalue weighted by Crippen LogP contribution is -2.29. The van der Waals surface area contributed by atoms with Crippen LogP contribution in [0.1, 0.15) is 15.5 Å². The van der Waals surface area contributed by atoms with Crippen molar-refractivity contribution in [2.75, 3.05) is 7.11 Å². The Morgan fingerprint density at radius 2 is 2.33 bits per heavy atom. The molecule has 3 aromatic rings. The Balaban J connectivity index is 1.92. The summed E-state index contributed by atoms with van der Waals surface area (Å²) in [4.78, 5) is 15.7. The highest BCUT2D eigenvalue weighted by atomic mass is 32.1. The van der Waals surface area contributed by atoms with Crippen LogP contribution in [0.25, 0.3) is 10.9 Å². The summed E-state index contributed by atoms with van der Waals surface area (Å²) >= 11 is 1.28. The fourth-order valence-electron chi connectivity index (χ4n) is 2.23. The van der Waals surface area contributed by atoms with Gasteiger partial charge in [-0.15, -0.1) is 11.3 Å². The van der Waals surface area contributed by atoms with E-state index in [9.17, 15) is 4.79 Å². The molecule has 0 aliphatic carbocycles. The van der Waals surface area contributed by atoms with Crippen LogP contribution in [-0.4, -0.2) is 22.6 Å². The van der Waals surface area contributed by atoms with Crippen LogP contribution in [0.2, 0.25) is 0 Å². The molecule has 0 saturated carbocycles. The molecule has 108 valence electrons. The number of fused-ring (bicyclic) bond motifs is 1. The minimum Gasteiger partial charge on any atom is -0.496 e. The molecule has 21 heavy (non-hydrogen) atoms. The van der Waals surface area contributed by atoms with Crippen LogP contribution < -0.4 is 16.0 Å². The zero-order valence-electron chi connectivity index (χ0n) is 11.4. The van der Waals surface area contributed by atoms with Gasteiger partial charge in [-0.25, -0.2) is 10.8 Å². The number of nitrogen functional groups attached to an aromatic ring is 1. The van der Waals surface area contributed by atoms with Crippen molar-refractivity contribution in [1.82, 2.24) is 15.0 Å². The van der Waals surface area contributed by atoms with Gasteiger partial charge in [0.15, 0.2) is 5.01 Å². The molecule has 2 heterocycles. The summed E-state index contributed by atoms with van der Waals surface area (Å²) in [5.74, 6) is 5.57. The molecule has 3 rings (SSSR count). The number of benzene rings is 1. The van der Waals surface area contributed by atoms with Gasteiger partial charge in [-0.2, -0.15) is 0 Å². The molecule has 7 heteroatoms. The van der Waals surface area contributed by atoms with Crippen molar-refractivity contribution in [2.45, 2.75) is 6.54 Å². The number of methoxy groups -OCH3 is 1. The van der Waals surface area contributed by atoms with Crippen molar-refractivity contribution >= 4 is 28.1 Å². The molecular weight excluding hydrogens is 288 g/mol. The third-order valence-electron chi connectivity index (χ3n) is 3.20. The van der Waals surface area contributed by atoms with Crippen LogP contribution in [0.4, 0.5) is 0 Å². The molecular formula is C14H14N4O2S. The molecule has 0 radical (unpaired) electrons. The van der Waals surface area contributed by atoms with E-state index in [2.05, 4.69) is 15.0 Å². The Morgan fingerprint density at radius 1 is 1.48 bits per heavy atom. The molecule has 0 spiro atoms. The third-order valence-corrected chi connectivity index (χ3v) is 4.09. The van der Waals surface area contributed by atoms with Crippen LogP contribution in [0.15, 0.2) is 35.8 Å². The summed E-state index contributed by atoms with van der Waals surface area (Å²) in [5.41, 5.74) is 3.96. The fourth-order valence-corrected chi connectivity index (χ4v) is 2.94. The number of hydrazine groups is 1. The van der Waals surface area contributed by atoms with Crippen LogP contribution >= 0.6 is 11.3 Å². The maximum atomic E-state index is 11.4. The van der Waals surface area contributed by atoms with Gasteiger partial charge in [-0.3, -0.25) is 10.2 Å². The number of hydrogen-bond acceptors (Lipinski definition) is 5. The molecule has 1 amide bonds. The molecule has 0 aliphatic rings. The molecule has 0 fully saturated rings. The van der Waals surface area contributed by atoms with Gasteiger partial charge in [0.25, 0.3) is 5.91 Å². The van der Waals surface area contributed by atoms with Gasteiger partial charge in [-0.05, 0) is 18.2 Å². The van der Waals surface area contributed by atoms with Gasteiger partial charge in [0.1, 0.15) is 5.75 Å². The number of nitrogens with two attached hydrogens (primary N) is 1. The summed E-state index contributed by atoms with van der Waals surface area (Å²) in [6.45, 7) is 0.588. The zero-order chi connectivity index (χ0) is 14.8. The first-order valence-corrected chi connectivity index (χ1v) is 7.18. The Hall–Kier alpha value is -2.38. The molecule has 1 aromatic carbocycles. The first-order chi connectivity index (χ1) is 10.2. The van der Waals surface area contributed by atoms with Crippen molar-refractivity contribution in [3.63, 3.8) is 0 Å². The molecule has 0 atom stereocenters. The highest BCUT2D eigenvalue weighted by Gasteiger charge is 2.11. The largest absolute Gasteiger partial charge is 0.496 e. The normalized spacial score (nSPS) is 10.8. The van der Waals surface area contributed by atoms with E-state index in [4.69, 9.17) is 10.6 Å². The quantitative estimate of drug-likeness (QED) is 0.437. The van der Waals surface area contributed by atoms with Crippen LogP contribution in [0.5, 0.6) is 5.75 Å². The predicted molar refractivity (Wildman–Crippen MR) is 81.4 cm³/mol. The van der Waals surface area contributed by atoms with Crippen molar-refractivity contribution < 1.29 is 9.53 Å². The van der Waals surface area contributed by atoms with Crippen molar-refractivity contribution in [3.05, 3.63) is 46.5 Å². The average molecular weight is 302 g/mol. The topological polar surface area (TPSA) is 82.2 Å². The van der Waals surface area contributed by atoms with Gasteiger partial charge < -0.3 is 9.30 Å². The minimum absolute atomic E-state index is 0.363. The van der Waals surface area contributed by atoms with Crippen LogP contribution in [0, 0.1) is 0 Å². The summed E-state index contributed by atoms with van der Waals surface area (Å²) in [6, 6.07) is 7.91. The maximum Gasteiger partial charge on any atom is 0.294 e. The molecule has 0 saturated heterocycles. The second-order valence-electron chi connectivity index (χ2n) is 4.45. The Kier molecular flexibility index (Phi) is 3.59. The molecule has 0 unspecified atom stereocenters. The van der Waals surface area contributed by atoms with E-state index < -0.39 is 0 Å². The first kappa shape index (κ1) is 13.6. The van der Waals surface area contributed by atoms with Crippen molar-refractivity contribution in [1.29, 1.82) is 0 Å². The van der Waals surface area contributed by atoms with E-state index in [1.54, 1.807) is 7.11 Å². The molecule has 0 aliphatic heterocycles. The first-order valence-electron chi connectivity index (χ1n) is 6.30. The summed E-state index contributed by atoms with van der Waals surface area (Å²) in [7, 11) is 1.66. The summed E-state index contributed by atoms with van der Waals surface area (Å²) < 4.78 is 7.41. The molecule has 3 N–H and O–H groups in total. The summed E-state index contributed by atoms with van der Waals surface area (Å²) in [6.07, 6.45) is 1.98. The summed E-state index contributed by atoms with van der Waals surface area (Å²) in [5, 5.41) is 3.27. The zero-order valence-corrected chi connectivity index (χ0v) is 12.2. The predicted octanol–water partition coefficient (Wildman–Crippen LogP) is 1.76. The number of hydrogen-bond donors (Lipinski definition) is 2. The van der Waals surface area contributed by atoms with Crippen LogP contribution in [-0.2, 0) is 6.54 Å². The van der Waals surface area contributed by atoms with Gasteiger partial charge in [0, 0.05) is 17.0 Å². The van der Waals surface area contributed by atoms with E-state index >= 15 is 0 Å². The Labute approximate surface area is 125 Å². The van der Waals surface area contributed by atoms with Crippen LogP contribution in [0.3, 0.4) is 0 Å². The smallest absolute Gasteiger partial charge is 0.294 e. The SMILES string of the molecule is COc1cccc2c1ccn2Cc1csc(C(=O)NN)n1. The van der Waals surface area contributed by atoms with E-state index in [-0.39, 0.29) is 5.91 Å². The number of nitrogens with zero attached hydrogens (tertiary/aromatic N) is 2. The van der Waals surface area contributed by atoms with E-state index in [0.717, 1.165) is 22.3 Å². The number of carbonyl (C=O) groups excluding carboxylic acids is 1. The second kappa shape index (κ2) is 5.55.